The minimum absolute atomic E-state index is 0.00825. The summed E-state index contributed by atoms with van der Waals surface area (Å²) in [6.07, 6.45) is 6.20. The molecular formula is C14H14N4O2. The molecule has 1 aliphatic rings. The van der Waals surface area contributed by atoms with Gasteiger partial charge in [0.2, 0.25) is 5.88 Å². The lowest BCUT2D eigenvalue weighted by Gasteiger charge is -2.11. The highest BCUT2D eigenvalue weighted by Gasteiger charge is 2.19. The molecule has 2 aromatic rings. The number of hydrogen-bond donors (Lipinski definition) is 2. The van der Waals surface area contributed by atoms with E-state index >= 15 is 0 Å². The Kier molecular flexibility index (Phi) is 3.20. The normalized spacial score (nSPS) is 14.1. The van der Waals surface area contributed by atoms with Crippen LogP contribution in [-0.4, -0.2) is 21.0 Å². The van der Waals surface area contributed by atoms with Crippen LogP contribution >= 0.6 is 0 Å². The van der Waals surface area contributed by atoms with Gasteiger partial charge in [0.15, 0.2) is 5.84 Å². The molecule has 102 valence electrons. The number of rotatable bonds is 3. The van der Waals surface area contributed by atoms with Crippen molar-refractivity contribution in [3.8, 4) is 11.6 Å². The number of nitrogens with two attached hydrogens (primary N) is 1. The fourth-order valence-electron chi connectivity index (χ4n) is 2.29. The summed E-state index contributed by atoms with van der Waals surface area (Å²) in [5.41, 5.74) is 8.35. The maximum Gasteiger partial charge on any atom is 0.230 e. The van der Waals surface area contributed by atoms with Crippen molar-refractivity contribution >= 4 is 5.84 Å². The van der Waals surface area contributed by atoms with Gasteiger partial charge in [-0.15, -0.1) is 0 Å². The third-order valence-corrected chi connectivity index (χ3v) is 3.25. The summed E-state index contributed by atoms with van der Waals surface area (Å²) in [4.78, 5) is 8.48. The van der Waals surface area contributed by atoms with Gasteiger partial charge in [0.05, 0.1) is 11.8 Å². The molecule has 1 aliphatic carbocycles. The molecular weight excluding hydrogens is 256 g/mol. The Labute approximate surface area is 115 Å². The summed E-state index contributed by atoms with van der Waals surface area (Å²) in [6, 6.07) is 5.43. The average Bonchev–Trinajstić information content (AvgIpc) is 2.94. The minimum atomic E-state index is -0.00825. The molecule has 0 atom stereocenters. The van der Waals surface area contributed by atoms with E-state index in [9.17, 15) is 0 Å². The van der Waals surface area contributed by atoms with Crippen molar-refractivity contribution in [2.75, 3.05) is 0 Å². The van der Waals surface area contributed by atoms with Gasteiger partial charge in [-0.2, -0.15) is 0 Å². The molecule has 0 spiro atoms. The summed E-state index contributed by atoms with van der Waals surface area (Å²) in [7, 11) is 0. The average molecular weight is 270 g/mol. The molecule has 2 heterocycles. The number of amidine groups is 1. The topological polar surface area (TPSA) is 93.6 Å². The van der Waals surface area contributed by atoms with E-state index in [2.05, 4.69) is 15.1 Å². The van der Waals surface area contributed by atoms with Gasteiger partial charge in [-0.05, 0) is 43.0 Å². The second kappa shape index (κ2) is 5.16. The number of hydrogen-bond acceptors (Lipinski definition) is 5. The molecule has 2 aromatic heterocycles. The highest BCUT2D eigenvalue weighted by Crippen LogP contribution is 2.29. The Morgan fingerprint density at radius 2 is 2.30 bits per heavy atom. The van der Waals surface area contributed by atoms with Crippen LogP contribution < -0.4 is 10.5 Å². The third kappa shape index (κ3) is 2.27. The molecule has 0 saturated heterocycles. The van der Waals surface area contributed by atoms with Crippen LogP contribution in [0, 0.1) is 0 Å². The SMILES string of the molecule is NC(=NO)c1cc2c(nc1Oc1cccnc1)CCC2. The summed E-state index contributed by atoms with van der Waals surface area (Å²) in [5, 5.41) is 11.9. The highest BCUT2D eigenvalue weighted by atomic mass is 16.5. The second-order valence-corrected chi connectivity index (χ2v) is 4.58. The standard InChI is InChI=1S/C14H14N4O2/c15-13(18-19)11-7-9-3-1-5-12(9)17-14(11)20-10-4-2-6-16-8-10/h2,4,6-8,19H,1,3,5H2,(H2,15,18). The van der Waals surface area contributed by atoms with Gasteiger partial charge >= 0.3 is 0 Å². The van der Waals surface area contributed by atoms with E-state index in [0.29, 0.717) is 17.2 Å². The fraction of sp³-hybridized carbons (Fsp3) is 0.214. The van der Waals surface area contributed by atoms with Crippen LogP contribution in [0.5, 0.6) is 11.6 Å². The van der Waals surface area contributed by atoms with Gasteiger partial charge in [0, 0.05) is 11.9 Å². The molecule has 0 fully saturated rings. The largest absolute Gasteiger partial charge is 0.437 e. The first-order valence-electron chi connectivity index (χ1n) is 6.36. The number of oxime groups is 1. The zero-order valence-corrected chi connectivity index (χ0v) is 10.8. The van der Waals surface area contributed by atoms with Crippen LogP contribution in [0.3, 0.4) is 0 Å². The maximum absolute atomic E-state index is 8.89. The molecule has 0 unspecified atom stereocenters. The van der Waals surface area contributed by atoms with Gasteiger partial charge in [-0.1, -0.05) is 5.16 Å². The van der Waals surface area contributed by atoms with Gasteiger partial charge in [0.25, 0.3) is 0 Å². The summed E-state index contributed by atoms with van der Waals surface area (Å²) in [5.74, 6) is 0.893. The molecule has 0 saturated carbocycles. The zero-order valence-electron chi connectivity index (χ0n) is 10.8. The molecule has 6 heteroatoms. The third-order valence-electron chi connectivity index (χ3n) is 3.25. The fourth-order valence-corrected chi connectivity index (χ4v) is 2.29. The molecule has 0 bridgehead atoms. The molecule has 3 rings (SSSR count). The van der Waals surface area contributed by atoms with Gasteiger partial charge in [0.1, 0.15) is 5.75 Å². The summed E-state index contributed by atoms with van der Waals surface area (Å²) >= 11 is 0. The van der Waals surface area contributed by atoms with E-state index in [-0.39, 0.29) is 5.84 Å². The van der Waals surface area contributed by atoms with Crippen LogP contribution in [-0.2, 0) is 12.8 Å². The van der Waals surface area contributed by atoms with E-state index < -0.39 is 0 Å². The van der Waals surface area contributed by atoms with Crippen molar-refractivity contribution in [3.63, 3.8) is 0 Å². The number of nitrogens with zero attached hydrogens (tertiary/aromatic N) is 3. The zero-order chi connectivity index (χ0) is 13.9. The first kappa shape index (κ1) is 12.4. The molecule has 20 heavy (non-hydrogen) atoms. The first-order chi connectivity index (χ1) is 9.78. The number of ether oxygens (including phenoxy) is 1. The molecule has 0 amide bonds. The Balaban J connectivity index is 2.04. The van der Waals surface area contributed by atoms with Gasteiger partial charge in [-0.3, -0.25) is 4.98 Å². The number of aryl methyl sites for hydroxylation is 2. The maximum atomic E-state index is 8.89. The van der Waals surface area contributed by atoms with E-state index in [1.165, 1.54) is 0 Å². The summed E-state index contributed by atoms with van der Waals surface area (Å²) < 4.78 is 5.71. The molecule has 6 nitrogen and oxygen atoms in total. The molecule has 0 aliphatic heterocycles. The van der Waals surface area contributed by atoms with Crippen LogP contribution in [0.1, 0.15) is 23.2 Å². The van der Waals surface area contributed by atoms with Crippen molar-refractivity contribution < 1.29 is 9.94 Å². The molecule has 0 radical (unpaired) electrons. The summed E-state index contributed by atoms with van der Waals surface area (Å²) in [6.45, 7) is 0. The van der Waals surface area contributed by atoms with Crippen LogP contribution in [0.2, 0.25) is 0 Å². The van der Waals surface area contributed by atoms with Gasteiger partial charge in [-0.25, -0.2) is 4.98 Å². The number of pyridine rings is 2. The van der Waals surface area contributed by atoms with Gasteiger partial charge < -0.3 is 15.7 Å². The predicted molar refractivity (Wildman–Crippen MR) is 73.1 cm³/mol. The number of aromatic nitrogens is 2. The van der Waals surface area contributed by atoms with Crippen LogP contribution in [0.15, 0.2) is 35.7 Å². The monoisotopic (exact) mass is 270 g/mol. The van der Waals surface area contributed by atoms with Crippen LogP contribution in [0.25, 0.3) is 0 Å². The first-order valence-corrected chi connectivity index (χ1v) is 6.36. The van der Waals surface area contributed by atoms with Crippen LogP contribution in [0.4, 0.5) is 0 Å². The van der Waals surface area contributed by atoms with Crippen molar-refractivity contribution in [1.82, 2.24) is 9.97 Å². The van der Waals surface area contributed by atoms with Crippen molar-refractivity contribution in [1.29, 1.82) is 0 Å². The van der Waals surface area contributed by atoms with Crippen molar-refractivity contribution in [2.24, 2.45) is 10.9 Å². The quantitative estimate of drug-likeness (QED) is 0.384. The van der Waals surface area contributed by atoms with Crippen molar-refractivity contribution in [2.45, 2.75) is 19.3 Å². The highest BCUT2D eigenvalue weighted by molar-refractivity contribution is 5.99. The Hall–Kier alpha value is -2.63. The van der Waals surface area contributed by atoms with E-state index in [4.69, 9.17) is 15.7 Å². The predicted octanol–water partition coefficient (Wildman–Crippen LogP) is 1.85. The molecule has 0 aromatic carbocycles. The lowest BCUT2D eigenvalue weighted by molar-refractivity contribution is 0.318. The number of fused-ring (bicyclic) bond motifs is 1. The Morgan fingerprint density at radius 3 is 3.05 bits per heavy atom. The van der Waals surface area contributed by atoms with Crippen molar-refractivity contribution in [3.05, 3.63) is 47.4 Å². The lowest BCUT2D eigenvalue weighted by Crippen LogP contribution is -2.16. The smallest absolute Gasteiger partial charge is 0.230 e. The molecule has 3 N–H and O–H groups in total. The van der Waals surface area contributed by atoms with E-state index in [1.54, 1.807) is 24.5 Å². The second-order valence-electron chi connectivity index (χ2n) is 4.58. The Morgan fingerprint density at radius 1 is 1.40 bits per heavy atom. The van der Waals surface area contributed by atoms with E-state index in [0.717, 1.165) is 30.5 Å². The lowest BCUT2D eigenvalue weighted by atomic mass is 10.1. The minimum Gasteiger partial charge on any atom is -0.437 e. The Bertz CT molecular complexity index is 656. The van der Waals surface area contributed by atoms with E-state index in [1.807, 2.05) is 6.07 Å².